The molecular weight excluding hydrogens is 306 g/mol. The summed E-state index contributed by atoms with van der Waals surface area (Å²) < 4.78 is 5.33. The Bertz CT molecular complexity index is 714. The lowest BCUT2D eigenvalue weighted by Crippen LogP contribution is -2.35. The predicted molar refractivity (Wildman–Crippen MR) is 86.3 cm³/mol. The van der Waals surface area contributed by atoms with Gasteiger partial charge in [-0.15, -0.1) is 0 Å². The van der Waals surface area contributed by atoms with Crippen molar-refractivity contribution in [1.82, 2.24) is 5.32 Å². The summed E-state index contributed by atoms with van der Waals surface area (Å²) in [4.78, 5) is 25.3. The summed E-state index contributed by atoms with van der Waals surface area (Å²) in [5.74, 6) is 0.209. The number of nitriles is 1. The molecule has 124 valence electrons. The van der Waals surface area contributed by atoms with Crippen molar-refractivity contribution in [3.05, 3.63) is 29.8 Å². The van der Waals surface area contributed by atoms with Gasteiger partial charge in [-0.2, -0.15) is 5.26 Å². The molecule has 0 radical (unpaired) electrons. The topological polar surface area (TPSA) is 82.4 Å². The van der Waals surface area contributed by atoms with E-state index in [1.807, 2.05) is 24.3 Å². The third-order valence-corrected chi connectivity index (χ3v) is 5.02. The van der Waals surface area contributed by atoms with Crippen LogP contribution in [0.3, 0.4) is 0 Å². The number of carbonyl (C=O) groups is 2. The van der Waals surface area contributed by atoms with Gasteiger partial charge < -0.3 is 10.1 Å². The molecule has 1 N–H and O–H groups in total. The van der Waals surface area contributed by atoms with Gasteiger partial charge in [0.15, 0.2) is 0 Å². The average molecular weight is 325 g/mol. The van der Waals surface area contributed by atoms with E-state index in [9.17, 15) is 14.9 Å². The number of carbonyl (C=O) groups excluding carboxylic acids is 2. The molecule has 1 atom stereocenters. The van der Waals surface area contributed by atoms with E-state index in [1.165, 1.54) is 0 Å². The molecule has 0 aromatic heterocycles. The molecule has 1 aliphatic heterocycles. The summed E-state index contributed by atoms with van der Waals surface area (Å²) in [6.45, 7) is 0.777. The number of amides is 2. The summed E-state index contributed by atoms with van der Waals surface area (Å²) in [6.07, 6.45) is 3.00. The zero-order chi connectivity index (χ0) is 16.7. The second kappa shape index (κ2) is 5.52. The van der Waals surface area contributed by atoms with E-state index >= 15 is 0 Å². The van der Waals surface area contributed by atoms with Crippen molar-refractivity contribution in [2.45, 2.75) is 37.2 Å². The molecule has 0 bridgehead atoms. The van der Waals surface area contributed by atoms with Crippen LogP contribution in [0.4, 0.5) is 10.5 Å². The molecule has 1 aromatic rings. The van der Waals surface area contributed by atoms with E-state index < -0.39 is 6.09 Å². The molecule has 1 aromatic carbocycles. The number of rotatable bonds is 5. The second-order valence-electron chi connectivity index (χ2n) is 6.88. The van der Waals surface area contributed by atoms with Crippen molar-refractivity contribution in [2.24, 2.45) is 5.92 Å². The first-order valence-corrected chi connectivity index (χ1v) is 8.39. The lowest BCUT2D eigenvalue weighted by molar-refractivity contribution is -0.122. The largest absolute Gasteiger partial charge is 0.442 e. The average Bonchev–Trinajstić information content (AvgIpc) is 3.51. The van der Waals surface area contributed by atoms with E-state index in [1.54, 1.807) is 4.90 Å². The summed E-state index contributed by atoms with van der Waals surface area (Å²) in [6, 6.07) is 9.93. The normalized spacial score (nSPS) is 24.2. The lowest BCUT2D eigenvalue weighted by Gasteiger charge is -2.14. The minimum atomic E-state index is -0.394. The number of ether oxygens (including phenoxy) is 1. The summed E-state index contributed by atoms with van der Waals surface area (Å²) in [5, 5.41) is 12.1. The maximum atomic E-state index is 12.1. The van der Waals surface area contributed by atoms with Crippen LogP contribution >= 0.6 is 0 Å². The van der Waals surface area contributed by atoms with Crippen molar-refractivity contribution in [3.8, 4) is 6.07 Å². The first kappa shape index (κ1) is 15.0. The molecular formula is C18H19N3O3. The zero-order valence-electron chi connectivity index (χ0n) is 13.3. The molecule has 3 aliphatic rings. The van der Waals surface area contributed by atoms with Gasteiger partial charge in [-0.1, -0.05) is 12.1 Å². The van der Waals surface area contributed by atoms with Gasteiger partial charge in [0.25, 0.3) is 0 Å². The lowest BCUT2D eigenvalue weighted by atomic mass is 9.97. The van der Waals surface area contributed by atoms with Gasteiger partial charge in [0.05, 0.1) is 24.6 Å². The SMILES string of the molecule is N#CC1(c2ccc(N3CC(CNC(=O)C4CC4)OC3=O)cc2)CC1. The van der Waals surface area contributed by atoms with Gasteiger partial charge in [-0.25, -0.2) is 4.79 Å². The molecule has 1 heterocycles. The van der Waals surface area contributed by atoms with Crippen molar-refractivity contribution in [3.63, 3.8) is 0 Å². The Hall–Kier alpha value is -2.55. The van der Waals surface area contributed by atoms with Crippen molar-refractivity contribution in [2.75, 3.05) is 18.0 Å². The molecule has 6 heteroatoms. The molecule has 24 heavy (non-hydrogen) atoms. The molecule has 6 nitrogen and oxygen atoms in total. The van der Waals surface area contributed by atoms with Gasteiger partial charge in [-0.05, 0) is 43.4 Å². The third-order valence-electron chi connectivity index (χ3n) is 5.02. The standard InChI is InChI=1S/C18H19N3O3/c19-11-18(7-8-18)13-3-5-14(6-4-13)21-10-15(24-17(21)23)9-20-16(22)12-1-2-12/h3-6,12,15H,1-2,7-10H2,(H,20,22). The number of nitrogens with zero attached hydrogens (tertiary/aromatic N) is 2. The maximum absolute atomic E-state index is 12.1. The van der Waals surface area contributed by atoms with Gasteiger partial charge in [0.2, 0.25) is 5.91 Å². The van der Waals surface area contributed by atoms with Crippen molar-refractivity contribution < 1.29 is 14.3 Å². The Morgan fingerprint density at radius 1 is 1.33 bits per heavy atom. The number of benzene rings is 1. The van der Waals surface area contributed by atoms with E-state index in [0.717, 1.165) is 36.9 Å². The fourth-order valence-corrected chi connectivity index (χ4v) is 3.09. The van der Waals surface area contributed by atoms with E-state index in [2.05, 4.69) is 11.4 Å². The van der Waals surface area contributed by atoms with E-state index in [-0.39, 0.29) is 23.3 Å². The Balaban J connectivity index is 1.38. The molecule has 3 fully saturated rings. The summed E-state index contributed by atoms with van der Waals surface area (Å²) in [7, 11) is 0. The highest BCUT2D eigenvalue weighted by atomic mass is 16.6. The van der Waals surface area contributed by atoms with Crippen LogP contribution < -0.4 is 10.2 Å². The number of nitrogens with one attached hydrogen (secondary N) is 1. The molecule has 4 rings (SSSR count). The molecule has 2 saturated carbocycles. The van der Waals surface area contributed by atoms with Crippen LogP contribution in [0.15, 0.2) is 24.3 Å². The van der Waals surface area contributed by atoms with E-state index in [4.69, 9.17) is 4.74 Å². The van der Waals surface area contributed by atoms with Crippen LogP contribution in [0.2, 0.25) is 0 Å². The first-order chi connectivity index (χ1) is 11.6. The number of cyclic esters (lactones) is 1. The third kappa shape index (κ3) is 2.71. The van der Waals surface area contributed by atoms with Crippen molar-refractivity contribution >= 4 is 17.7 Å². The summed E-state index contributed by atoms with van der Waals surface area (Å²) >= 11 is 0. The first-order valence-electron chi connectivity index (χ1n) is 8.39. The number of hydrogen-bond acceptors (Lipinski definition) is 4. The van der Waals surface area contributed by atoms with Crippen LogP contribution in [0.1, 0.15) is 31.2 Å². The highest BCUT2D eigenvalue weighted by molar-refractivity contribution is 5.90. The van der Waals surface area contributed by atoms with Crippen LogP contribution in [-0.2, 0) is 14.9 Å². The number of hydrogen-bond donors (Lipinski definition) is 1. The fraction of sp³-hybridized carbons (Fsp3) is 0.500. The fourth-order valence-electron chi connectivity index (χ4n) is 3.09. The molecule has 1 unspecified atom stereocenters. The maximum Gasteiger partial charge on any atom is 0.414 e. The molecule has 2 aliphatic carbocycles. The highest BCUT2D eigenvalue weighted by Gasteiger charge is 2.45. The minimum Gasteiger partial charge on any atom is -0.442 e. The zero-order valence-corrected chi connectivity index (χ0v) is 13.3. The minimum absolute atomic E-state index is 0.0556. The predicted octanol–water partition coefficient (Wildman–Crippen LogP) is 2.09. The smallest absolute Gasteiger partial charge is 0.414 e. The summed E-state index contributed by atoms with van der Waals surface area (Å²) in [5.41, 5.74) is 1.45. The monoisotopic (exact) mass is 325 g/mol. The molecule has 1 saturated heterocycles. The quantitative estimate of drug-likeness (QED) is 0.898. The Morgan fingerprint density at radius 3 is 2.62 bits per heavy atom. The van der Waals surface area contributed by atoms with Crippen LogP contribution in [0, 0.1) is 17.2 Å². The Morgan fingerprint density at radius 2 is 2.04 bits per heavy atom. The Kier molecular flexibility index (Phi) is 3.45. The Labute approximate surface area is 140 Å². The van der Waals surface area contributed by atoms with Gasteiger partial charge in [0.1, 0.15) is 6.10 Å². The van der Waals surface area contributed by atoms with Gasteiger partial charge in [0, 0.05) is 11.6 Å². The van der Waals surface area contributed by atoms with Crippen LogP contribution in [0.25, 0.3) is 0 Å². The van der Waals surface area contributed by atoms with Gasteiger partial charge in [-0.3, -0.25) is 9.69 Å². The number of anilines is 1. The molecule has 0 spiro atoms. The second-order valence-corrected chi connectivity index (χ2v) is 6.88. The molecule has 2 amide bonds. The van der Waals surface area contributed by atoms with Gasteiger partial charge >= 0.3 is 6.09 Å². The van der Waals surface area contributed by atoms with Crippen LogP contribution in [0.5, 0.6) is 0 Å². The van der Waals surface area contributed by atoms with Crippen molar-refractivity contribution in [1.29, 1.82) is 5.26 Å². The van der Waals surface area contributed by atoms with Crippen LogP contribution in [-0.4, -0.2) is 31.2 Å². The highest BCUT2D eigenvalue weighted by Crippen LogP contribution is 2.47. The van der Waals surface area contributed by atoms with E-state index in [0.29, 0.717) is 13.1 Å².